The molecule has 0 aromatic heterocycles. The minimum absolute atomic E-state index is 0.186. The van der Waals surface area contributed by atoms with Crippen LogP contribution < -0.4 is 11.1 Å². The first-order chi connectivity index (χ1) is 4.81. The number of nitrogens with two attached hydrogens (primary N) is 1. The van der Waals surface area contributed by atoms with Gasteiger partial charge in [-0.25, -0.2) is 4.99 Å². The van der Waals surface area contributed by atoms with Gasteiger partial charge in [0.1, 0.15) is 6.34 Å². The van der Waals surface area contributed by atoms with Crippen LogP contribution in [0.25, 0.3) is 0 Å². The van der Waals surface area contributed by atoms with E-state index in [0.717, 1.165) is 6.21 Å². The highest BCUT2D eigenvalue weighted by Gasteiger charge is 1.84. The molecule has 0 spiro atoms. The SMILES string of the molecule is CNC(=O)C=NC=NCN. The fraction of sp³-hybridized carbons (Fsp3) is 0.400. The van der Waals surface area contributed by atoms with E-state index in [0.29, 0.717) is 0 Å². The average molecular weight is 142 g/mol. The predicted molar refractivity (Wildman–Crippen MR) is 40.1 cm³/mol. The summed E-state index contributed by atoms with van der Waals surface area (Å²) in [6.07, 6.45) is 2.36. The van der Waals surface area contributed by atoms with Gasteiger partial charge in [0.05, 0.1) is 12.9 Å². The molecular formula is C5H10N4O. The largest absolute Gasteiger partial charge is 0.354 e. The van der Waals surface area contributed by atoms with E-state index in [1.165, 1.54) is 13.4 Å². The van der Waals surface area contributed by atoms with Crippen molar-refractivity contribution in [2.45, 2.75) is 0 Å². The number of carbonyl (C=O) groups is 1. The molecular weight excluding hydrogens is 132 g/mol. The third kappa shape index (κ3) is 4.92. The molecule has 0 radical (unpaired) electrons. The molecule has 0 fully saturated rings. The third-order valence-corrected chi connectivity index (χ3v) is 0.692. The Morgan fingerprint density at radius 2 is 2.50 bits per heavy atom. The molecule has 5 heteroatoms. The standard InChI is InChI=1S/C5H10N4O/c1-7-5(10)2-8-4-9-3-6/h2,4H,3,6H2,1H3,(H,7,10). The van der Waals surface area contributed by atoms with Gasteiger partial charge in [-0.15, -0.1) is 0 Å². The lowest BCUT2D eigenvalue weighted by Crippen LogP contribution is -2.18. The summed E-state index contributed by atoms with van der Waals surface area (Å²) in [6.45, 7) is 0.186. The normalized spacial score (nSPS) is 11.0. The maximum atomic E-state index is 10.4. The van der Waals surface area contributed by atoms with E-state index < -0.39 is 0 Å². The Kier molecular flexibility index (Phi) is 5.17. The molecule has 0 unspecified atom stereocenters. The smallest absolute Gasteiger partial charge is 0.262 e. The summed E-state index contributed by atoms with van der Waals surface area (Å²) in [5.41, 5.74) is 5.01. The predicted octanol–water partition coefficient (Wildman–Crippen LogP) is -1.25. The van der Waals surface area contributed by atoms with Crippen molar-refractivity contribution in [1.29, 1.82) is 0 Å². The van der Waals surface area contributed by atoms with Gasteiger partial charge in [0.25, 0.3) is 5.91 Å². The van der Waals surface area contributed by atoms with Crippen molar-refractivity contribution in [2.24, 2.45) is 15.7 Å². The first-order valence-corrected chi connectivity index (χ1v) is 2.74. The lowest BCUT2D eigenvalue weighted by Gasteiger charge is -1.84. The zero-order chi connectivity index (χ0) is 7.82. The van der Waals surface area contributed by atoms with Crippen molar-refractivity contribution in [3.05, 3.63) is 0 Å². The quantitative estimate of drug-likeness (QED) is 0.381. The molecule has 0 heterocycles. The highest BCUT2D eigenvalue weighted by atomic mass is 16.1. The summed E-state index contributed by atoms with van der Waals surface area (Å²) in [7, 11) is 1.52. The highest BCUT2D eigenvalue weighted by molar-refractivity contribution is 6.27. The van der Waals surface area contributed by atoms with Gasteiger partial charge in [0, 0.05) is 7.05 Å². The van der Waals surface area contributed by atoms with Crippen LogP contribution in [0.15, 0.2) is 9.98 Å². The number of aliphatic imine (C=N–C) groups is 2. The van der Waals surface area contributed by atoms with E-state index >= 15 is 0 Å². The van der Waals surface area contributed by atoms with Gasteiger partial charge in [-0.1, -0.05) is 0 Å². The van der Waals surface area contributed by atoms with Crippen LogP contribution in [0, 0.1) is 0 Å². The van der Waals surface area contributed by atoms with Crippen LogP contribution in [0.3, 0.4) is 0 Å². The van der Waals surface area contributed by atoms with Crippen LogP contribution in [0.1, 0.15) is 0 Å². The molecule has 0 aliphatic rings. The van der Waals surface area contributed by atoms with E-state index in [4.69, 9.17) is 5.73 Å². The van der Waals surface area contributed by atoms with Gasteiger partial charge >= 0.3 is 0 Å². The molecule has 0 aliphatic heterocycles. The molecule has 5 nitrogen and oxygen atoms in total. The van der Waals surface area contributed by atoms with Crippen molar-refractivity contribution in [2.75, 3.05) is 13.7 Å². The number of hydrogen-bond donors (Lipinski definition) is 2. The molecule has 0 saturated heterocycles. The Labute approximate surface area is 59.0 Å². The Morgan fingerprint density at radius 1 is 1.80 bits per heavy atom. The van der Waals surface area contributed by atoms with E-state index in [9.17, 15) is 4.79 Å². The number of amides is 1. The molecule has 0 bridgehead atoms. The Bertz CT molecular complexity index is 152. The van der Waals surface area contributed by atoms with Crippen LogP contribution in [0.5, 0.6) is 0 Å². The molecule has 56 valence electrons. The zero-order valence-corrected chi connectivity index (χ0v) is 5.74. The maximum absolute atomic E-state index is 10.4. The topological polar surface area (TPSA) is 79.8 Å². The molecule has 3 N–H and O–H groups in total. The minimum atomic E-state index is -0.261. The van der Waals surface area contributed by atoms with Gasteiger partial charge in [-0.3, -0.25) is 9.79 Å². The molecule has 0 aromatic carbocycles. The summed E-state index contributed by atoms with van der Waals surface area (Å²) in [6, 6.07) is 0. The van der Waals surface area contributed by atoms with Gasteiger partial charge in [0.15, 0.2) is 0 Å². The van der Waals surface area contributed by atoms with Gasteiger partial charge in [-0.2, -0.15) is 0 Å². The van der Waals surface area contributed by atoms with Crippen LogP contribution in [0.2, 0.25) is 0 Å². The fourth-order valence-corrected chi connectivity index (χ4v) is 0.260. The second kappa shape index (κ2) is 5.90. The first kappa shape index (κ1) is 8.77. The third-order valence-electron chi connectivity index (χ3n) is 0.692. The summed E-state index contributed by atoms with van der Waals surface area (Å²) in [4.78, 5) is 17.5. The number of nitrogens with zero attached hydrogens (tertiary/aromatic N) is 2. The van der Waals surface area contributed by atoms with Crippen molar-refractivity contribution in [1.82, 2.24) is 5.32 Å². The average Bonchev–Trinajstić information content (AvgIpc) is 1.98. The highest BCUT2D eigenvalue weighted by Crippen LogP contribution is 1.60. The van der Waals surface area contributed by atoms with E-state index in [-0.39, 0.29) is 12.6 Å². The van der Waals surface area contributed by atoms with Crippen LogP contribution in [0.4, 0.5) is 0 Å². The van der Waals surface area contributed by atoms with Gasteiger partial charge < -0.3 is 11.1 Å². The van der Waals surface area contributed by atoms with E-state index in [1.54, 1.807) is 0 Å². The molecule has 0 aromatic rings. The van der Waals surface area contributed by atoms with Crippen molar-refractivity contribution >= 4 is 18.5 Å². The van der Waals surface area contributed by atoms with Gasteiger partial charge in [-0.05, 0) is 0 Å². The summed E-state index contributed by atoms with van der Waals surface area (Å²) in [5.74, 6) is -0.261. The lowest BCUT2D eigenvalue weighted by molar-refractivity contribution is -0.113. The molecule has 0 aliphatic carbocycles. The van der Waals surface area contributed by atoms with Crippen LogP contribution in [-0.4, -0.2) is 32.2 Å². The summed E-state index contributed by atoms with van der Waals surface area (Å²) < 4.78 is 0. The second-order valence-corrected chi connectivity index (χ2v) is 1.37. The van der Waals surface area contributed by atoms with Gasteiger partial charge in [0.2, 0.25) is 0 Å². The number of rotatable bonds is 3. The Morgan fingerprint density at radius 3 is 3.00 bits per heavy atom. The molecule has 10 heavy (non-hydrogen) atoms. The number of nitrogens with one attached hydrogen (secondary N) is 1. The van der Waals surface area contributed by atoms with Crippen molar-refractivity contribution < 1.29 is 4.79 Å². The van der Waals surface area contributed by atoms with Crippen molar-refractivity contribution in [3.8, 4) is 0 Å². The monoisotopic (exact) mass is 142 g/mol. The molecule has 0 saturated carbocycles. The van der Waals surface area contributed by atoms with Crippen LogP contribution >= 0.6 is 0 Å². The number of hydrogen-bond acceptors (Lipinski definition) is 3. The van der Waals surface area contributed by atoms with Crippen molar-refractivity contribution in [3.63, 3.8) is 0 Å². The summed E-state index contributed by atoms with van der Waals surface area (Å²) in [5, 5.41) is 2.36. The van der Waals surface area contributed by atoms with Crippen LogP contribution in [-0.2, 0) is 4.79 Å². The fourth-order valence-electron chi connectivity index (χ4n) is 0.260. The lowest BCUT2D eigenvalue weighted by atomic mass is 10.7. The second-order valence-electron chi connectivity index (χ2n) is 1.37. The maximum Gasteiger partial charge on any atom is 0.262 e. The first-order valence-electron chi connectivity index (χ1n) is 2.74. The molecule has 1 amide bonds. The Balaban J connectivity index is 3.55. The molecule has 0 atom stereocenters. The minimum Gasteiger partial charge on any atom is -0.354 e. The molecule has 0 rings (SSSR count). The zero-order valence-electron chi connectivity index (χ0n) is 5.74. The van der Waals surface area contributed by atoms with E-state index in [2.05, 4.69) is 15.3 Å². The number of carbonyl (C=O) groups excluding carboxylic acids is 1. The van der Waals surface area contributed by atoms with E-state index in [1.807, 2.05) is 0 Å². The Hall–Kier alpha value is -1.23. The summed E-state index contributed by atoms with van der Waals surface area (Å²) >= 11 is 0.